The molecule has 1 amide bonds. The highest BCUT2D eigenvalue weighted by Crippen LogP contribution is 2.20. The number of aliphatic carboxylic acids is 1. The molecule has 0 aliphatic carbocycles. The van der Waals surface area contributed by atoms with E-state index < -0.39 is 18.4 Å². The summed E-state index contributed by atoms with van der Waals surface area (Å²) in [5.74, 6) is -0.806. The van der Waals surface area contributed by atoms with E-state index in [1.807, 2.05) is 42.5 Å². The van der Waals surface area contributed by atoms with Crippen molar-refractivity contribution in [2.24, 2.45) is 0 Å². The van der Waals surface area contributed by atoms with E-state index >= 15 is 0 Å². The molecule has 0 aromatic heterocycles. The molecule has 0 aliphatic heterocycles. The fraction of sp³-hybridized carbons (Fsp3) is 0.0833. The number of nitrogens with one attached hydrogen (secondary N) is 1. The van der Waals surface area contributed by atoms with Gasteiger partial charge < -0.3 is 15.2 Å². The van der Waals surface area contributed by atoms with Crippen molar-refractivity contribution in [2.45, 2.75) is 6.61 Å². The summed E-state index contributed by atoms with van der Waals surface area (Å²) in [6.45, 7) is 0.0597. The third-order valence-electron chi connectivity index (χ3n) is 4.19. The summed E-state index contributed by atoms with van der Waals surface area (Å²) >= 11 is 0. The molecule has 0 saturated heterocycles. The van der Waals surface area contributed by atoms with E-state index in [0.29, 0.717) is 6.61 Å². The van der Waals surface area contributed by atoms with Crippen LogP contribution in [0, 0.1) is 0 Å². The first-order chi connectivity index (χ1) is 14.1. The van der Waals surface area contributed by atoms with E-state index in [0.717, 1.165) is 22.4 Å². The van der Waals surface area contributed by atoms with Crippen molar-refractivity contribution in [3.63, 3.8) is 0 Å². The highest BCUT2D eigenvalue weighted by molar-refractivity contribution is 5.93. The number of rotatable bonds is 8. The quantitative estimate of drug-likeness (QED) is 0.570. The normalized spacial score (nSPS) is 10.6. The van der Waals surface area contributed by atoms with Crippen LogP contribution in [-0.2, 0) is 16.2 Å². The van der Waals surface area contributed by atoms with Gasteiger partial charge in [-0.15, -0.1) is 0 Å². The lowest BCUT2D eigenvalue weighted by atomic mass is 10.0. The van der Waals surface area contributed by atoms with Crippen LogP contribution < -0.4 is 10.1 Å². The Hall–Kier alpha value is -3.86. The lowest BCUT2D eigenvalue weighted by Gasteiger charge is -2.08. The zero-order chi connectivity index (χ0) is 20.5. The van der Waals surface area contributed by atoms with Gasteiger partial charge in [0, 0.05) is 6.08 Å². The smallest absolute Gasteiger partial charge is 0.322 e. The summed E-state index contributed by atoms with van der Waals surface area (Å²) in [6.07, 6.45) is 2.91. The second-order valence-corrected chi connectivity index (χ2v) is 6.37. The van der Waals surface area contributed by atoms with Gasteiger partial charge in [0.15, 0.2) is 0 Å². The SMILES string of the molecule is O=C(O)CNC(=O)/C=C/c1ccc(OCc2ccc(-c3ccccc3)cc2)cc1. The predicted molar refractivity (Wildman–Crippen MR) is 112 cm³/mol. The van der Waals surface area contributed by atoms with Crippen molar-refractivity contribution in [1.82, 2.24) is 5.32 Å². The van der Waals surface area contributed by atoms with Crippen molar-refractivity contribution >= 4 is 18.0 Å². The van der Waals surface area contributed by atoms with Crippen LogP contribution in [0.4, 0.5) is 0 Å². The van der Waals surface area contributed by atoms with Gasteiger partial charge in [-0.3, -0.25) is 9.59 Å². The molecule has 0 saturated carbocycles. The Kier molecular flexibility index (Phi) is 6.79. The highest BCUT2D eigenvalue weighted by Gasteiger charge is 2.01. The number of ether oxygens (including phenoxy) is 1. The molecular formula is C24H21NO4. The predicted octanol–water partition coefficient (Wildman–Crippen LogP) is 4.15. The third-order valence-corrected chi connectivity index (χ3v) is 4.19. The molecule has 0 fully saturated rings. The Morgan fingerprint density at radius 1 is 0.862 bits per heavy atom. The van der Waals surface area contributed by atoms with Gasteiger partial charge in [0.2, 0.25) is 5.91 Å². The minimum absolute atomic E-state index is 0.401. The van der Waals surface area contributed by atoms with Crippen LogP contribution in [0.15, 0.2) is 84.9 Å². The van der Waals surface area contributed by atoms with E-state index in [4.69, 9.17) is 9.84 Å². The van der Waals surface area contributed by atoms with Gasteiger partial charge in [-0.25, -0.2) is 0 Å². The molecule has 0 unspecified atom stereocenters. The van der Waals surface area contributed by atoms with Crippen LogP contribution in [0.1, 0.15) is 11.1 Å². The van der Waals surface area contributed by atoms with Crippen molar-refractivity contribution < 1.29 is 19.4 Å². The number of carbonyl (C=O) groups is 2. The summed E-state index contributed by atoms with van der Waals surface area (Å²) in [5, 5.41) is 10.8. The van der Waals surface area contributed by atoms with Gasteiger partial charge >= 0.3 is 5.97 Å². The minimum Gasteiger partial charge on any atom is -0.489 e. The lowest BCUT2D eigenvalue weighted by molar-refractivity contribution is -0.137. The lowest BCUT2D eigenvalue weighted by Crippen LogP contribution is -2.27. The standard InChI is InChI=1S/C24H21NO4/c26-23(25-16-24(27)28)15-10-18-8-13-22(14-9-18)29-17-19-6-11-21(12-7-19)20-4-2-1-3-5-20/h1-15H,16-17H2,(H,25,26)(H,27,28)/b15-10+. The summed E-state index contributed by atoms with van der Waals surface area (Å²) in [6, 6.07) is 25.8. The third kappa shape index (κ3) is 6.36. The number of carboxylic acids is 1. The number of benzene rings is 3. The van der Waals surface area contributed by atoms with Crippen LogP contribution in [0.5, 0.6) is 5.75 Å². The topological polar surface area (TPSA) is 75.6 Å². The van der Waals surface area contributed by atoms with Gasteiger partial charge in [-0.2, -0.15) is 0 Å². The first-order valence-electron chi connectivity index (χ1n) is 9.15. The number of carboxylic acid groups (broad SMARTS) is 1. The molecule has 0 heterocycles. The van der Waals surface area contributed by atoms with Crippen LogP contribution in [0.3, 0.4) is 0 Å². The van der Waals surface area contributed by atoms with Crippen LogP contribution in [0.25, 0.3) is 17.2 Å². The van der Waals surface area contributed by atoms with Gasteiger partial charge in [0.25, 0.3) is 0 Å². The maximum atomic E-state index is 11.5. The minimum atomic E-state index is -1.08. The monoisotopic (exact) mass is 387 g/mol. The maximum absolute atomic E-state index is 11.5. The van der Waals surface area contributed by atoms with E-state index in [1.54, 1.807) is 6.08 Å². The molecule has 5 nitrogen and oxygen atoms in total. The average Bonchev–Trinajstić information content (AvgIpc) is 2.76. The van der Waals surface area contributed by atoms with Gasteiger partial charge in [-0.05, 0) is 40.5 Å². The van der Waals surface area contributed by atoms with E-state index in [9.17, 15) is 9.59 Å². The van der Waals surface area contributed by atoms with Crippen LogP contribution in [-0.4, -0.2) is 23.5 Å². The van der Waals surface area contributed by atoms with Crippen LogP contribution >= 0.6 is 0 Å². The molecule has 0 spiro atoms. The van der Waals surface area contributed by atoms with E-state index in [-0.39, 0.29) is 0 Å². The Labute approximate surface area is 169 Å². The second-order valence-electron chi connectivity index (χ2n) is 6.37. The van der Waals surface area contributed by atoms with Gasteiger partial charge in [-0.1, -0.05) is 66.7 Å². The zero-order valence-corrected chi connectivity index (χ0v) is 15.7. The van der Waals surface area contributed by atoms with E-state index in [2.05, 4.69) is 41.7 Å². The molecular weight excluding hydrogens is 366 g/mol. The van der Waals surface area contributed by atoms with Crippen molar-refractivity contribution in [2.75, 3.05) is 6.54 Å². The van der Waals surface area contributed by atoms with Crippen molar-refractivity contribution in [1.29, 1.82) is 0 Å². The van der Waals surface area contributed by atoms with E-state index in [1.165, 1.54) is 11.6 Å². The Morgan fingerprint density at radius 2 is 1.52 bits per heavy atom. The Balaban J connectivity index is 1.51. The largest absolute Gasteiger partial charge is 0.489 e. The molecule has 146 valence electrons. The Bertz CT molecular complexity index is 978. The average molecular weight is 387 g/mol. The molecule has 0 radical (unpaired) electrons. The van der Waals surface area contributed by atoms with Gasteiger partial charge in [0.1, 0.15) is 18.9 Å². The summed E-state index contributed by atoms with van der Waals surface area (Å²) in [5.41, 5.74) is 4.23. The molecule has 0 aliphatic rings. The first-order valence-corrected chi connectivity index (χ1v) is 9.15. The molecule has 0 atom stereocenters. The van der Waals surface area contributed by atoms with Crippen molar-refractivity contribution in [3.05, 3.63) is 96.1 Å². The summed E-state index contributed by atoms with van der Waals surface area (Å²) in [4.78, 5) is 21.9. The molecule has 5 heteroatoms. The number of hydrogen-bond donors (Lipinski definition) is 2. The molecule has 3 rings (SSSR count). The Morgan fingerprint density at radius 3 is 2.17 bits per heavy atom. The van der Waals surface area contributed by atoms with Crippen LogP contribution in [0.2, 0.25) is 0 Å². The zero-order valence-electron chi connectivity index (χ0n) is 15.7. The summed E-state index contributed by atoms with van der Waals surface area (Å²) in [7, 11) is 0. The molecule has 3 aromatic carbocycles. The maximum Gasteiger partial charge on any atom is 0.322 e. The fourth-order valence-electron chi connectivity index (χ4n) is 2.66. The molecule has 2 N–H and O–H groups in total. The number of amides is 1. The number of hydrogen-bond acceptors (Lipinski definition) is 3. The molecule has 29 heavy (non-hydrogen) atoms. The molecule has 0 bridgehead atoms. The second kappa shape index (κ2) is 9.90. The van der Waals surface area contributed by atoms with Crippen molar-refractivity contribution in [3.8, 4) is 16.9 Å². The molecule has 3 aromatic rings. The highest BCUT2D eigenvalue weighted by atomic mass is 16.5. The fourth-order valence-corrected chi connectivity index (χ4v) is 2.66. The van der Waals surface area contributed by atoms with Gasteiger partial charge in [0.05, 0.1) is 0 Å². The number of carbonyl (C=O) groups excluding carboxylic acids is 1. The first kappa shape index (κ1) is 19.9. The summed E-state index contributed by atoms with van der Waals surface area (Å²) < 4.78 is 5.81.